The molecule has 22 nitrogen and oxygen atoms in total. The van der Waals surface area contributed by atoms with Gasteiger partial charge in [0.15, 0.2) is 0 Å². The molecule has 0 aliphatic rings. The third kappa shape index (κ3) is 24.4. The number of carboxylic acids is 3. The lowest BCUT2D eigenvalue weighted by molar-refractivity contribution is -0.143. The van der Waals surface area contributed by atoms with Gasteiger partial charge in [0.05, 0.1) is 19.8 Å². The van der Waals surface area contributed by atoms with Gasteiger partial charge in [0, 0.05) is 32.4 Å². The van der Waals surface area contributed by atoms with Crippen LogP contribution in [0, 0.1) is 0 Å². The zero-order valence-corrected chi connectivity index (χ0v) is 27.7. The first kappa shape index (κ1) is 45.3. The summed E-state index contributed by atoms with van der Waals surface area (Å²) in [6, 6.07) is -4.79. The van der Waals surface area contributed by atoms with Gasteiger partial charge in [0.25, 0.3) is 16.0 Å². The summed E-state index contributed by atoms with van der Waals surface area (Å²) in [6.07, 6.45) is -0.849. The van der Waals surface area contributed by atoms with E-state index in [2.05, 4.69) is 16.0 Å². The second kappa shape index (κ2) is 25.3. The van der Waals surface area contributed by atoms with Crippen LogP contribution in [0.25, 0.3) is 0 Å². The van der Waals surface area contributed by atoms with Crippen LogP contribution in [0.5, 0.6) is 0 Å². The third-order valence-electron chi connectivity index (χ3n) is 6.23. The highest BCUT2D eigenvalue weighted by atomic mass is 32.2. The number of carbonyl (C=O) groups is 9. The number of aldehydes is 1. The second-order valence-electron chi connectivity index (χ2n) is 10.4. The molecule has 0 fully saturated rings. The zero-order valence-electron chi connectivity index (χ0n) is 26.9. The average molecular weight is 742 g/mol. The summed E-state index contributed by atoms with van der Waals surface area (Å²) in [5.74, 6) is -9.66. The van der Waals surface area contributed by atoms with Gasteiger partial charge in [-0.3, -0.25) is 38.1 Å². The first-order valence-electron chi connectivity index (χ1n) is 15.1. The van der Waals surface area contributed by atoms with Gasteiger partial charge in [0.1, 0.15) is 30.5 Å². The van der Waals surface area contributed by atoms with Gasteiger partial charge in [-0.15, -0.1) is 0 Å². The summed E-state index contributed by atoms with van der Waals surface area (Å²) in [5.41, 5.74) is 0. The quantitative estimate of drug-likeness (QED) is 0.0153. The van der Waals surface area contributed by atoms with E-state index in [4.69, 9.17) is 19.1 Å². The fourth-order valence-corrected chi connectivity index (χ4v) is 4.48. The van der Waals surface area contributed by atoms with Gasteiger partial charge in [0.2, 0.25) is 29.9 Å². The van der Waals surface area contributed by atoms with Crippen LogP contribution in [0.2, 0.25) is 0 Å². The number of amides is 5. The van der Waals surface area contributed by atoms with Crippen molar-refractivity contribution in [2.45, 2.75) is 69.5 Å². The first-order chi connectivity index (χ1) is 23.4. The summed E-state index contributed by atoms with van der Waals surface area (Å²) in [5, 5.41) is 38.4. The fourth-order valence-electron chi connectivity index (χ4n) is 3.82. The molecule has 0 aromatic rings. The molecule has 0 saturated heterocycles. The lowest BCUT2D eigenvalue weighted by atomic mass is 10.1. The molecule has 3 unspecified atom stereocenters. The highest BCUT2D eigenvalue weighted by molar-refractivity contribution is 7.85. The molecule has 284 valence electrons. The summed E-state index contributed by atoms with van der Waals surface area (Å²) < 4.78 is 42.1. The van der Waals surface area contributed by atoms with Crippen molar-refractivity contribution in [1.29, 1.82) is 0 Å². The van der Waals surface area contributed by atoms with E-state index >= 15 is 0 Å². The molecule has 0 aliphatic heterocycles. The lowest BCUT2D eigenvalue weighted by Gasteiger charge is -2.20. The first-order valence-corrected chi connectivity index (χ1v) is 16.7. The van der Waals surface area contributed by atoms with Crippen LogP contribution in [0.3, 0.4) is 0 Å². The van der Waals surface area contributed by atoms with E-state index in [1.54, 1.807) is 0 Å². The second-order valence-corrected chi connectivity index (χ2v) is 11.9. The Bertz CT molecular complexity index is 1290. The van der Waals surface area contributed by atoms with Crippen molar-refractivity contribution in [1.82, 2.24) is 26.6 Å². The Morgan fingerprint density at radius 1 is 0.640 bits per heavy atom. The molecule has 0 bridgehead atoms. The summed E-state index contributed by atoms with van der Waals surface area (Å²) in [6.45, 7) is -0.394. The van der Waals surface area contributed by atoms with Gasteiger partial charge < -0.3 is 51.4 Å². The zero-order chi connectivity index (χ0) is 38.1. The number of carboxylic acid groups (broad SMARTS) is 3. The number of hydrogen-bond acceptors (Lipinski definition) is 13. The molecule has 0 saturated carbocycles. The molecular weight excluding hydrogens is 698 g/mol. The van der Waals surface area contributed by atoms with Crippen molar-refractivity contribution in [2.75, 3.05) is 45.3 Å². The molecular formula is C27H43N5O17S. The molecule has 5 amide bonds. The number of aliphatic carboxylic acids is 3. The predicted octanol–water partition coefficient (Wildman–Crippen LogP) is -3.83. The Kier molecular flexibility index (Phi) is 22.9. The third-order valence-corrected chi connectivity index (χ3v) is 6.99. The van der Waals surface area contributed by atoms with Crippen molar-refractivity contribution < 1.29 is 80.9 Å². The van der Waals surface area contributed by atoms with Crippen LogP contribution in [0.4, 0.5) is 0 Å². The maximum Gasteiger partial charge on any atom is 0.326 e. The highest BCUT2D eigenvalue weighted by Crippen LogP contribution is 2.03. The molecule has 0 aromatic carbocycles. The summed E-state index contributed by atoms with van der Waals surface area (Å²) in [4.78, 5) is 103. The molecule has 3 atom stereocenters. The van der Waals surface area contributed by atoms with Gasteiger partial charge in [-0.2, -0.15) is 8.42 Å². The molecule has 9 N–H and O–H groups in total. The Morgan fingerprint density at radius 2 is 1.26 bits per heavy atom. The molecule has 0 aliphatic carbocycles. The van der Waals surface area contributed by atoms with Crippen molar-refractivity contribution in [3.63, 3.8) is 0 Å². The van der Waals surface area contributed by atoms with E-state index in [0.29, 0.717) is 12.8 Å². The average Bonchev–Trinajstić information content (AvgIpc) is 3.01. The van der Waals surface area contributed by atoms with Crippen molar-refractivity contribution >= 4 is 63.8 Å². The summed E-state index contributed by atoms with van der Waals surface area (Å²) >= 11 is 0. The normalized spacial score (nSPS) is 12.7. The maximum absolute atomic E-state index is 12.6. The van der Waals surface area contributed by atoms with Crippen molar-refractivity contribution in [3.05, 3.63) is 0 Å². The number of nitrogens with one attached hydrogen (secondary N) is 5. The van der Waals surface area contributed by atoms with Gasteiger partial charge in [-0.25, -0.2) is 9.59 Å². The molecule has 0 rings (SSSR count). The number of rotatable bonds is 29. The lowest BCUT2D eigenvalue weighted by Crippen LogP contribution is -2.54. The van der Waals surface area contributed by atoms with E-state index in [9.17, 15) is 61.8 Å². The van der Waals surface area contributed by atoms with Gasteiger partial charge in [-0.05, 0) is 32.1 Å². The number of hydrogen-bond donors (Lipinski definition) is 9. The fraction of sp³-hybridized carbons (Fsp3) is 0.667. The number of ether oxygens (including phenoxy) is 2. The highest BCUT2D eigenvalue weighted by Gasteiger charge is 2.30. The Labute approximate surface area is 286 Å². The molecule has 0 spiro atoms. The van der Waals surface area contributed by atoms with Gasteiger partial charge in [-0.1, -0.05) is 0 Å². The molecule has 0 radical (unpaired) electrons. The predicted molar refractivity (Wildman–Crippen MR) is 166 cm³/mol. The summed E-state index contributed by atoms with van der Waals surface area (Å²) in [7, 11) is -4.82. The maximum atomic E-state index is 12.6. The Morgan fingerprint density at radius 3 is 1.86 bits per heavy atom. The van der Waals surface area contributed by atoms with Crippen LogP contribution in [0.1, 0.15) is 51.4 Å². The van der Waals surface area contributed by atoms with Crippen LogP contribution in [-0.4, -0.2) is 145 Å². The smallest absolute Gasteiger partial charge is 0.326 e. The minimum atomic E-state index is -4.82. The number of carbonyl (C=O) groups excluding carboxylic acids is 6. The van der Waals surface area contributed by atoms with Crippen molar-refractivity contribution in [2.24, 2.45) is 0 Å². The van der Waals surface area contributed by atoms with E-state index in [1.807, 2.05) is 10.6 Å². The standard InChI is InChI=1S/C27H43N5O17S/c33-14-22(36)28-9-2-1-4-17(26(41)42)30-23(37)15-49-13-12-48-11-10-29-20(34)8-7-18(27(43)44)32-25(40)19(16-50(45,46)47)31-21(35)5-3-6-24(38)39/h14,17-19H,1-13,15-16H2,(H,28,36)(H,29,34)(H,30,37)(H,31,35)(H,32,40)(H,38,39)(H,41,42)(H,43,44)(H,45,46,47). The Balaban J connectivity index is 4.44. The SMILES string of the molecule is O=CC(=O)NCCCCC(NC(=O)COCCOCCNC(=O)CCC(NC(=O)C(CS(=O)(=O)O)NC(=O)CCCC(=O)O)C(=O)O)C(=O)O. The minimum absolute atomic E-state index is 0.00797. The molecule has 0 aromatic heterocycles. The van der Waals surface area contributed by atoms with E-state index < -0.39 is 107 Å². The van der Waals surface area contributed by atoms with E-state index in [1.165, 1.54) is 0 Å². The molecule has 0 heterocycles. The van der Waals surface area contributed by atoms with Gasteiger partial charge >= 0.3 is 17.9 Å². The molecule has 50 heavy (non-hydrogen) atoms. The Hall–Kier alpha value is -4.74. The topological polar surface area (TPSA) is 347 Å². The minimum Gasteiger partial charge on any atom is -0.481 e. The van der Waals surface area contributed by atoms with Crippen LogP contribution >= 0.6 is 0 Å². The van der Waals surface area contributed by atoms with E-state index in [-0.39, 0.29) is 58.5 Å². The molecule has 23 heteroatoms. The van der Waals surface area contributed by atoms with Crippen molar-refractivity contribution in [3.8, 4) is 0 Å². The van der Waals surface area contributed by atoms with E-state index in [0.717, 1.165) is 0 Å². The largest absolute Gasteiger partial charge is 0.481 e. The monoisotopic (exact) mass is 741 g/mol. The van der Waals surface area contributed by atoms with Crippen LogP contribution < -0.4 is 26.6 Å². The van der Waals surface area contributed by atoms with Crippen LogP contribution in [0.15, 0.2) is 0 Å². The number of unbranched alkanes of at least 4 members (excludes halogenated alkanes) is 1. The van der Waals surface area contributed by atoms with Crippen LogP contribution in [-0.2, 0) is 62.7 Å².